The van der Waals surface area contributed by atoms with Gasteiger partial charge in [0, 0.05) is 12.2 Å². The first kappa shape index (κ1) is 11.7. The zero-order valence-electron chi connectivity index (χ0n) is 9.43. The molecule has 17 heavy (non-hydrogen) atoms. The van der Waals surface area contributed by atoms with Crippen LogP contribution in [0.5, 0.6) is 0 Å². The summed E-state index contributed by atoms with van der Waals surface area (Å²) in [7, 11) is 0. The molecule has 88 valence electrons. The van der Waals surface area contributed by atoms with Crippen LogP contribution in [0, 0.1) is 6.92 Å². The highest BCUT2D eigenvalue weighted by molar-refractivity contribution is 7.08. The predicted octanol–water partition coefficient (Wildman–Crippen LogP) is 3.37. The van der Waals surface area contributed by atoms with E-state index < -0.39 is 5.97 Å². The van der Waals surface area contributed by atoms with E-state index in [1.54, 1.807) is 29.5 Å². The van der Waals surface area contributed by atoms with Crippen LogP contribution in [0.2, 0.25) is 0 Å². The maximum Gasteiger partial charge on any atom is 0.335 e. The van der Waals surface area contributed by atoms with Crippen molar-refractivity contribution in [3.63, 3.8) is 0 Å². The topological polar surface area (TPSA) is 49.3 Å². The van der Waals surface area contributed by atoms with Crippen molar-refractivity contribution >= 4 is 23.0 Å². The quantitative estimate of drug-likeness (QED) is 0.871. The number of anilines is 1. The highest BCUT2D eigenvalue weighted by atomic mass is 32.1. The standard InChI is InChI=1S/C13H13NO2S/c1-9-7-17-8-11(9)6-14-12-4-2-3-10(5-12)13(15)16/h2-5,7-8,14H,6H2,1H3,(H,15,16). The van der Waals surface area contributed by atoms with Crippen molar-refractivity contribution in [3.05, 3.63) is 51.7 Å². The zero-order chi connectivity index (χ0) is 12.3. The Morgan fingerprint density at radius 3 is 2.88 bits per heavy atom. The van der Waals surface area contributed by atoms with Gasteiger partial charge < -0.3 is 10.4 Å². The van der Waals surface area contributed by atoms with Gasteiger partial charge in [-0.2, -0.15) is 11.3 Å². The summed E-state index contributed by atoms with van der Waals surface area (Å²) in [5.41, 5.74) is 3.64. The van der Waals surface area contributed by atoms with Gasteiger partial charge in [0.05, 0.1) is 5.56 Å². The molecular weight excluding hydrogens is 234 g/mol. The molecule has 0 aliphatic heterocycles. The van der Waals surface area contributed by atoms with Gasteiger partial charge in [-0.3, -0.25) is 0 Å². The van der Waals surface area contributed by atoms with Crippen LogP contribution in [-0.4, -0.2) is 11.1 Å². The van der Waals surface area contributed by atoms with Crippen LogP contribution < -0.4 is 5.32 Å². The summed E-state index contributed by atoms with van der Waals surface area (Å²) in [6.45, 7) is 2.79. The van der Waals surface area contributed by atoms with E-state index in [2.05, 4.69) is 23.0 Å². The largest absolute Gasteiger partial charge is 0.478 e. The number of carbonyl (C=O) groups is 1. The molecule has 0 aliphatic rings. The van der Waals surface area contributed by atoms with Gasteiger partial charge >= 0.3 is 5.97 Å². The fourth-order valence-electron chi connectivity index (χ4n) is 1.53. The molecule has 3 nitrogen and oxygen atoms in total. The van der Waals surface area contributed by atoms with Crippen LogP contribution in [0.25, 0.3) is 0 Å². The third-order valence-electron chi connectivity index (χ3n) is 2.55. The van der Waals surface area contributed by atoms with E-state index >= 15 is 0 Å². The van der Waals surface area contributed by atoms with Gasteiger partial charge in [-0.05, 0) is 47.0 Å². The molecule has 0 spiro atoms. The summed E-state index contributed by atoms with van der Waals surface area (Å²) < 4.78 is 0. The van der Waals surface area contributed by atoms with Gasteiger partial charge in [0.1, 0.15) is 0 Å². The van der Waals surface area contributed by atoms with Gasteiger partial charge in [0.25, 0.3) is 0 Å². The summed E-state index contributed by atoms with van der Waals surface area (Å²) in [5, 5.41) is 16.3. The van der Waals surface area contributed by atoms with E-state index in [0.29, 0.717) is 5.56 Å². The molecule has 2 aromatic rings. The molecule has 0 radical (unpaired) electrons. The van der Waals surface area contributed by atoms with Crippen LogP contribution in [0.4, 0.5) is 5.69 Å². The Morgan fingerprint density at radius 2 is 2.24 bits per heavy atom. The second-order valence-corrected chi connectivity index (χ2v) is 4.56. The number of aryl methyl sites for hydroxylation is 1. The number of hydrogen-bond acceptors (Lipinski definition) is 3. The summed E-state index contributed by atoms with van der Waals surface area (Å²) in [6, 6.07) is 6.84. The van der Waals surface area contributed by atoms with Crippen LogP contribution in [0.3, 0.4) is 0 Å². The molecule has 1 aromatic heterocycles. The molecule has 1 aromatic carbocycles. The molecule has 0 fully saturated rings. The molecule has 0 unspecified atom stereocenters. The predicted molar refractivity (Wildman–Crippen MR) is 69.8 cm³/mol. The van der Waals surface area contributed by atoms with Crippen LogP contribution in [0.1, 0.15) is 21.5 Å². The zero-order valence-corrected chi connectivity index (χ0v) is 10.3. The van der Waals surface area contributed by atoms with Gasteiger partial charge in [0.15, 0.2) is 0 Å². The van der Waals surface area contributed by atoms with Crippen molar-refractivity contribution in [1.82, 2.24) is 0 Å². The maximum absolute atomic E-state index is 10.8. The van der Waals surface area contributed by atoms with E-state index in [1.165, 1.54) is 11.1 Å². The second-order valence-electron chi connectivity index (χ2n) is 3.82. The minimum absolute atomic E-state index is 0.303. The van der Waals surface area contributed by atoms with Gasteiger partial charge in [-0.1, -0.05) is 6.07 Å². The Bertz CT molecular complexity index is 534. The summed E-state index contributed by atoms with van der Waals surface area (Å²) in [5.74, 6) is -0.902. The number of aromatic carboxylic acids is 1. The van der Waals surface area contributed by atoms with E-state index in [4.69, 9.17) is 5.11 Å². The van der Waals surface area contributed by atoms with Crippen LogP contribution in [0.15, 0.2) is 35.0 Å². The molecule has 0 atom stereocenters. The Kier molecular flexibility index (Phi) is 3.44. The summed E-state index contributed by atoms with van der Waals surface area (Å²) in [4.78, 5) is 10.8. The average Bonchev–Trinajstić information content (AvgIpc) is 2.72. The fourth-order valence-corrected chi connectivity index (χ4v) is 2.38. The van der Waals surface area contributed by atoms with Crippen molar-refractivity contribution in [2.75, 3.05) is 5.32 Å². The van der Waals surface area contributed by atoms with Crippen LogP contribution in [-0.2, 0) is 6.54 Å². The molecule has 0 amide bonds. The monoisotopic (exact) mass is 247 g/mol. The molecule has 2 rings (SSSR count). The Morgan fingerprint density at radius 1 is 1.41 bits per heavy atom. The molecule has 4 heteroatoms. The van der Waals surface area contributed by atoms with Gasteiger partial charge in [-0.15, -0.1) is 0 Å². The van der Waals surface area contributed by atoms with Crippen LogP contribution >= 0.6 is 11.3 Å². The van der Waals surface area contributed by atoms with Crippen molar-refractivity contribution < 1.29 is 9.90 Å². The van der Waals surface area contributed by atoms with E-state index in [-0.39, 0.29) is 0 Å². The Balaban J connectivity index is 2.07. The smallest absolute Gasteiger partial charge is 0.335 e. The summed E-state index contributed by atoms with van der Waals surface area (Å²) >= 11 is 1.68. The lowest BCUT2D eigenvalue weighted by Gasteiger charge is -2.06. The number of rotatable bonds is 4. The number of benzene rings is 1. The molecule has 1 heterocycles. The van der Waals surface area contributed by atoms with E-state index in [1.807, 2.05) is 6.07 Å². The lowest BCUT2D eigenvalue weighted by molar-refractivity contribution is 0.0697. The highest BCUT2D eigenvalue weighted by Crippen LogP contribution is 2.16. The number of thiophene rings is 1. The molecule has 0 saturated carbocycles. The number of carboxylic acids is 1. The lowest BCUT2D eigenvalue weighted by atomic mass is 10.2. The number of nitrogens with one attached hydrogen (secondary N) is 1. The van der Waals surface area contributed by atoms with Crippen molar-refractivity contribution in [2.45, 2.75) is 13.5 Å². The first-order valence-electron chi connectivity index (χ1n) is 5.25. The highest BCUT2D eigenvalue weighted by Gasteiger charge is 2.03. The average molecular weight is 247 g/mol. The molecule has 0 bridgehead atoms. The Hall–Kier alpha value is -1.81. The first-order valence-corrected chi connectivity index (χ1v) is 6.20. The minimum Gasteiger partial charge on any atom is -0.478 e. The Labute approximate surface area is 104 Å². The first-order chi connectivity index (χ1) is 8.16. The normalized spacial score (nSPS) is 10.2. The van der Waals surface area contributed by atoms with Gasteiger partial charge in [-0.25, -0.2) is 4.79 Å². The molecule has 0 aliphatic carbocycles. The molecule has 0 saturated heterocycles. The van der Waals surface area contributed by atoms with Gasteiger partial charge in [0.2, 0.25) is 0 Å². The lowest BCUT2D eigenvalue weighted by Crippen LogP contribution is -2.02. The van der Waals surface area contributed by atoms with Crippen molar-refractivity contribution in [1.29, 1.82) is 0 Å². The van der Waals surface area contributed by atoms with Crippen molar-refractivity contribution in [2.24, 2.45) is 0 Å². The van der Waals surface area contributed by atoms with E-state index in [9.17, 15) is 4.79 Å². The van der Waals surface area contributed by atoms with E-state index in [0.717, 1.165) is 12.2 Å². The number of carboxylic acid groups (broad SMARTS) is 1. The SMILES string of the molecule is Cc1cscc1CNc1cccc(C(=O)O)c1. The molecule has 2 N–H and O–H groups in total. The second kappa shape index (κ2) is 5.01. The van der Waals surface area contributed by atoms with Crippen molar-refractivity contribution in [3.8, 4) is 0 Å². The number of hydrogen-bond donors (Lipinski definition) is 2. The minimum atomic E-state index is -0.902. The molecular formula is C13H13NO2S. The maximum atomic E-state index is 10.8. The summed E-state index contributed by atoms with van der Waals surface area (Å²) in [6.07, 6.45) is 0. The third kappa shape index (κ3) is 2.85. The fraction of sp³-hybridized carbons (Fsp3) is 0.154. The third-order valence-corrected chi connectivity index (χ3v) is 3.46.